The molecule has 14 heavy (non-hydrogen) atoms. The molecule has 0 bridgehead atoms. The Morgan fingerprint density at radius 3 is 2.43 bits per heavy atom. The van der Waals surface area contributed by atoms with Crippen LogP contribution in [0.4, 0.5) is 0 Å². The predicted molar refractivity (Wildman–Crippen MR) is 55.1 cm³/mol. The van der Waals surface area contributed by atoms with Crippen LogP contribution in [0, 0.1) is 0 Å². The summed E-state index contributed by atoms with van der Waals surface area (Å²) in [4.78, 5) is 0. The molecule has 3 nitrogen and oxygen atoms in total. The van der Waals surface area contributed by atoms with Crippen molar-refractivity contribution >= 4 is 0 Å². The van der Waals surface area contributed by atoms with Gasteiger partial charge in [0.25, 0.3) is 0 Å². The van der Waals surface area contributed by atoms with Crippen molar-refractivity contribution in [1.82, 2.24) is 0 Å². The van der Waals surface area contributed by atoms with E-state index in [0.29, 0.717) is 24.4 Å². The summed E-state index contributed by atoms with van der Waals surface area (Å²) in [6.45, 7) is 2.88. The summed E-state index contributed by atoms with van der Waals surface area (Å²) in [6, 6.07) is 0. The zero-order valence-corrected chi connectivity index (χ0v) is 8.95. The van der Waals surface area contributed by atoms with E-state index in [1.807, 2.05) is 0 Å². The Hall–Kier alpha value is -0.120. The second kappa shape index (κ2) is 4.60. The molecule has 0 aliphatic carbocycles. The van der Waals surface area contributed by atoms with Crippen LogP contribution in [-0.2, 0) is 9.47 Å². The highest BCUT2D eigenvalue weighted by Gasteiger charge is 2.35. The van der Waals surface area contributed by atoms with Gasteiger partial charge in [-0.3, -0.25) is 0 Å². The van der Waals surface area contributed by atoms with Crippen LogP contribution >= 0.6 is 0 Å². The number of hydrogen-bond acceptors (Lipinski definition) is 3. The first-order valence-corrected chi connectivity index (χ1v) is 5.80. The third-order valence-electron chi connectivity index (χ3n) is 3.31. The fourth-order valence-electron chi connectivity index (χ4n) is 2.51. The van der Waals surface area contributed by atoms with Crippen molar-refractivity contribution in [3.05, 3.63) is 0 Å². The first-order chi connectivity index (χ1) is 6.79. The van der Waals surface area contributed by atoms with Gasteiger partial charge in [-0.15, -0.1) is 0 Å². The quantitative estimate of drug-likeness (QED) is 0.748. The summed E-state index contributed by atoms with van der Waals surface area (Å²) in [5.74, 6) is 0. The first-order valence-electron chi connectivity index (χ1n) is 5.80. The van der Waals surface area contributed by atoms with Gasteiger partial charge in [-0.05, 0) is 45.6 Å². The van der Waals surface area contributed by atoms with Crippen LogP contribution in [0.3, 0.4) is 0 Å². The number of hydrogen-bond donors (Lipinski definition) is 1. The van der Waals surface area contributed by atoms with E-state index in [1.54, 1.807) is 0 Å². The van der Waals surface area contributed by atoms with Crippen LogP contribution in [0.5, 0.6) is 0 Å². The lowest BCUT2D eigenvalue weighted by molar-refractivity contribution is -0.0621. The maximum atomic E-state index is 5.93. The molecule has 0 amide bonds. The molecule has 2 N–H and O–H groups in total. The van der Waals surface area contributed by atoms with Gasteiger partial charge in [0, 0.05) is 0 Å². The van der Waals surface area contributed by atoms with E-state index in [9.17, 15) is 0 Å². The Morgan fingerprint density at radius 1 is 1.07 bits per heavy atom. The highest BCUT2D eigenvalue weighted by atomic mass is 16.6. The molecule has 0 aromatic heterocycles. The van der Waals surface area contributed by atoms with E-state index in [4.69, 9.17) is 15.2 Å². The lowest BCUT2D eigenvalue weighted by atomic mass is 10.1. The van der Waals surface area contributed by atoms with Crippen molar-refractivity contribution in [3.8, 4) is 0 Å². The zero-order valence-electron chi connectivity index (χ0n) is 8.95. The van der Waals surface area contributed by atoms with Gasteiger partial charge in [0.05, 0.1) is 24.4 Å². The lowest BCUT2D eigenvalue weighted by Gasteiger charge is -2.19. The molecule has 82 valence electrons. The van der Waals surface area contributed by atoms with Crippen molar-refractivity contribution in [2.24, 2.45) is 5.73 Å². The topological polar surface area (TPSA) is 44.5 Å². The van der Waals surface area contributed by atoms with Gasteiger partial charge in [0.1, 0.15) is 0 Å². The molecule has 3 heteroatoms. The Bertz CT molecular complexity index is 186. The Morgan fingerprint density at radius 2 is 1.79 bits per heavy atom. The van der Waals surface area contributed by atoms with E-state index in [1.165, 1.54) is 12.8 Å². The van der Waals surface area contributed by atoms with Gasteiger partial charge in [-0.1, -0.05) is 0 Å². The molecule has 0 aromatic rings. The summed E-state index contributed by atoms with van der Waals surface area (Å²) in [5, 5.41) is 0. The summed E-state index contributed by atoms with van der Waals surface area (Å²) >= 11 is 0. The van der Waals surface area contributed by atoms with Crippen LogP contribution in [0.2, 0.25) is 0 Å². The number of nitrogens with two attached hydrogens (primary N) is 1. The van der Waals surface area contributed by atoms with Crippen LogP contribution in [0.25, 0.3) is 0 Å². The molecule has 4 unspecified atom stereocenters. The second-order valence-electron chi connectivity index (χ2n) is 4.51. The maximum Gasteiger partial charge on any atom is 0.0841 e. The fourth-order valence-corrected chi connectivity index (χ4v) is 2.51. The standard InChI is InChI=1S/C11H21NO2/c1-8-2-4-10(13-8)11-5-3-9(14-11)6-7-12/h8-11H,2-7,12H2,1H3. The van der Waals surface area contributed by atoms with Crippen molar-refractivity contribution in [1.29, 1.82) is 0 Å². The number of ether oxygens (including phenoxy) is 2. The second-order valence-corrected chi connectivity index (χ2v) is 4.51. The third kappa shape index (κ3) is 2.27. The van der Waals surface area contributed by atoms with E-state index < -0.39 is 0 Å². The molecule has 0 radical (unpaired) electrons. The largest absolute Gasteiger partial charge is 0.373 e. The van der Waals surface area contributed by atoms with Crippen LogP contribution in [-0.4, -0.2) is 31.0 Å². The van der Waals surface area contributed by atoms with Crippen LogP contribution < -0.4 is 5.73 Å². The number of rotatable bonds is 3. The average Bonchev–Trinajstić information content (AvgIpc) is 2.74. The molecular weight excluding hydrogens is 178 g/mol. The highest BCUT2D eigenvalue weighted by molar-refractivity contribution is 4.84. The minimum absolute atomic E-state index is 0.344. The summed E-state index contributed by atoms with van der Waals surface area (Å²) < 4.78 is 11.7. The minimum atomic E-state index is 0.344. The van der Waals surface area contributed by atoms with Crippen LogP contribution in [0.1, 0.15) is 39.0 Å². The molecule has 0 aromatic carbocycles. The van der Waals surface area contributed by atoms with Gasteiger partial charge in [0.2, 0.25) is 0 Å². The molecule has 2 aliphatic rings. The average molecular weight is 199 g/mol. The highest BCUT2D eigenvalue weighted by Crippen LogP contribution is 2.31. The smallest absolute Gasteiger partial charge is 0.0841 e. The Labute approximate surface area is 85.9 Å². The lowest BCUT2D eigenvalue weighted by Crippen LogP contribution is -2.27. The van der Waals surface area contributed by atoms with Gasteiger partial charge < -0.3 is 15.2 Å². The van der Waals surface area contributed by atoms with Crippen molar-refractivity contribution in [2.75, 3.05) is 6.54 Å². The molecule has 2 fully saturated rings. The SMILES string of the molecule is CC1CCC(C2CCC(CCN)O2)O1. The molecule has 0 saturated carbocycles. The zero-order chi connectivity index (χ0) is 9.97. The first kappa shape index (κ1) is 10.4. The Kier molecular flexibility index (Phi) is 3.42. The third-order valence-corrected chi connectivity index (χ3v) is 3.31. The molecular formula is C11H21NO2. The summed E-state index contributed by atoms with van der Waals surface area (Å²) in [7, 11) is 0. The molecule has 2 heterocycles. The fraction of sp³-hybridized carbons (Fsp3) is 1.00. The molecule has 2 saturated heterocycles. The van der Waals surface area contributed by atoms with Crippen molar-refractivity contribution < 1.29 is 9.47 Å². The molecule has 4 atom stereocenters. The molecule has 0 spiro atoms. The van der Waals surface area contributed by atoms with Crippen molar-refractivity contribution in [2.45, 2.75) is 63.4 Å². The van der Waals surface area contributed by atoms with E-state index in [2.05, 4.69) is 6.92 Å². The molecule has 2 aliphatic heterocycles. The van der Waals surface area contributed by atoms with E-state index >= 15 is 0 Å². The minimum Gasteiger partial charge on any atom is -0.373 e. The summed E-state index contributed by atoms with van der Waals surface area (Å²) in [5.41, 5.74) is 5.52. The predicted octanol–water partition coefficient (Wildman–Crippen LogP) is 1.45. The normalized spacial score (nSPS) is 43.3. The monoisotopic (exact) mass is 199 g/mol. The summed E-state index contributed by atoms with van der Waals surface area (Å²) in [6.07, 6.45) is 7.19. The van der Waals surface area contributed by atoms with Gasteiger partial charge >= 0.3 is 0 Å². The van der Waals surface area contributed by atoms with E-state index in [0.717, 1.165) is 25.8 Å². The van der Waals surface area contributed by atoms with Gasteiger partial charge in [0.15, 0.2) is 0 Å². The van der Waals surface area contributed by atoms with Crippen LogP contribution in [0.15, 0.2) is 0 Å². The van der Waals surface area contributed by atoms with Crippen molar-refractivity contribution in [3.63, 3.8) is 0 Å². The van der Waals surface area contributed by atoms with E-state index in [-0.39, 0.29) is 0 Å². The van der Waals surface area contributed by atoms with Gasteiger partial charge in [-0.2, -0.15) is 0 Å². The van der Waals surface area contributed by atoms with Gasteiger partial charge in [-0.25, -0.2) is 0 Å². The molecule has 2 rings (SSSR count). The maximum absolute atomic E-state index is 5.93. The Balaban J connectivity index is 1.78.